The molecule has 3 N–H and O–H groups in total. The molecule has 0 unspecified atom stereocenters. The minimum Gasteiger partial charge on any atom is -0.384 e. The number of nitrogens with two attached hydrogens (primary N) is 1. The zero-order valence-electron chi connectivity index (χ0n) is 10.3. The van der Waals surface area contributed by atoms with E-state index < -0.39 is 0 Å². The molecule has 0 aromatic carbocycles. The molecule has 0 aliphatic rings. The molecule has 2 aromatic heterocycles. The number of aromatic nitrogens is 1. The van der Waals surface area contributed by atoms with E-state index in [1.54, 1.807) is 23.6 Å². The van der Waals surface area contributed by atoms with Gasteiger partial charge in [0.05, 0.1) is 12.1 Å². The number of nitrogens with one attached hydrogen (secondary N) is 1. The summed E-state index contributed by atoms with van der Waals surface area (Å²) in [6.45, 7) is 3.70. The van der Waals surface area contributed by atoms with Gasteiger partial charge >= 0.3 is 0 Å². The highest BCUT2D eigenvalue weighted by Crippen LogP contribution is 2.20. The molecule has 0 aliphatic carbocycles. The van der Waals surface area contributed by atoms with Crippen LogP contribution in [0.2, 0.25) is 0 Å². The molecule has 0 atom stereocenters. The molecule has 0 amide bonds. The molecule has 2 rings (SSSR count). The largest absolute Gasteiger partial charge is 0.384 e. The fraction of sp³-hybridized carbons (Fsp3) is 0.231. The van der Waals surface area contributed by atoms with Gasteiger partial charge in [0.2, 0.25) is 0 Å². The monoisotopic (exact) mass is 260 g/mol. The molecule has 0 radical (unpaired) electrons. The van der Waals surface area contributed by atoms with Crippen molar-refractivity contribution < 1.29 is 0 Å². The molecule has 94 valence electrons. The second kappa shape index (κ2) is 5.64. The highest BCUT2D eigenvalue weighted by molar-refractivity contribution is 7.09. The van der Waals surface area contributed by atoms with E-state index in [9.17, 15) is 0 Å². The first kappa shape index (κ1) is 12.6. The summed E-state index contributed by atoms with van der Waals surface area (Å²) in [5.74, 6) is 0.837. The van der Waals surface area contributed by atoms with E-state index in [2.05, 4.69) is 28.3 Å². The number of hydrogen-bond acceptors (Lipinski definition) is 4. The van der Waals surface area contributed by atoms with Crippen LogP contribution in [-0.2, 0) is 6.54 Å². The highest BCUT2D eigenvalue weighted by Gasteiger charge is 2.13. The molecule has 2 heterocycles. The van der Waals surface area contributed by atoms with Crippen LogP contribution in [0.15, 0.2) is 35.8 Å². The lowest BCUT2D eigenvalue weighted by atomic mass is 10.2. The SMILES string of the molecule is CCN(Cc1cccs1)c1ncccc1C(=N)N. The molecule has 0 spiro atoms. The Labute approximate surface area is 111 Å². The van der Waals surface area contributed by atoms with E-state index in [0.717, 1.165) is 18.9 Å². The maximum atomic E-state index is 7.61. The highest BCUT2D eigenvalue weighted by atomic mass is 32.1. The Morgan fingerprint density at radius 2 is 2.28 bits per heavy atom. The van der Waals surface area contributed by atoms with Crippen LogP contribution in [0.1, 0.15) is 17.4 Å². The first-order valence-corrected chi connectivity index (χ1v) is 6.67. The van der Waals surface area contributed by atoms with Crippen molar-refractivity contribution in [2.45, 2.75) is 13.5 Å². The third kappa shape index (κ3) is 2.68. The van der Waals surface area contributed by atoms with Crippen molar-refractivity contribution in [2.75, 3.05) is 11.4 Å². The Balaban J connectivity index is 2.30. The average molecular weight is 260 g/mol. The Morgan fingerprint density at radius 1 is 1.44 bits per heavy atom. The molecular formula is C13H16N4S. The second-order valence-electron chi connectivity index (χ2n) is 3.88. The first-order chi connectivity index (χ1) is 8.72. The van der Waals surface area contributed by atoms with Crippen LogP contribution in [-0.4, -0.2) is 17.4 Å². The van der Waals surface area contributed by atoms with Crippen molar-refractivity contribution in [1.29, 1.82) is 5.41 Å². The Bertz CT molecular complexity index is 522. The molecule has 0 fully saturated rings. The molecule has 4 nitrogen and oxygen atoms in total. The van der Waals surface area contributed by atoms with Crippen LogP contribution < -0.4 is 10.6 Å². The number of hydrogen-bond donors (Lipinski definition) is 2. The summed E-state index contributed by atoms with van der Waals surface area (Å²) in [7, 11) is 0. The summed E-state index contributed by atoms with van der Waals surface area (Å²) in [6, 6.07) is 7.78. The van der Waals surface area contributed by atoms with Gasteiger partial charge in [0.15, 0.2) is 0 Å². The number of amidine groups is 1. The van der Waals surface area contributed by atoms with Crippen LogP contribution in [0.5, 0.6) is 0 Å². The van der Waals surface area contributed by atoms with Gasteiger partial charge in [-0.1, -0.05) is 6.07 Å². The quantitative estimate of drug-likeness (QED) is 0.641. The average Bonchev–Trinajstić information content (AvgIpc) is 2.88. The van der Waals surface area contributed by atoms with Gasteiger partial charge in [-0.3, -0.25) is 5.41 Å². The van der Waals surface area contributed by atoms with E-state index in [1.165, 1.54) is 4.88 Å². The molecular weight excluding hydrogens is 244 g/mol. The fourth-order valence-corrected chi connectivity index (χ4v) is 2.51. The Hall–Kier alpha value is -1.88. The van der Waals surface area contributed by atoms with Gasteiger partial charge in [0, 0.05) is 17.6 Å². The van der Waals surface area contributed by atoms with Gasteiger partial charge < -0.3 is 10.6 Å². The van der Waals surface area contributed by atoms with Crippen molar-refractivity contribution in [1.82, 2.24) is 4.98 Å². The Morgan fingerprint density at radius 3 is 2.89 bits per heavy atom. The van der Waals surface area contributed by atoms with Crippen molar-refractivity contribution in [3.63, 3.8) is 0 Å². The number of anilines is 1. The number of nitrogen functional groups attached to an aromatic ring is 1. The normalized spacial score (nSPS) is 10.3. The minimum atomic E-state index is 0.0581. The van der Waals surface area contributed by atoms with E-state index >= 15 is 0 Å². The minimum absolute atomic E-state index is 0.0581. The third-order valence-electron chi connectivity index (χ3n) is 2.68. The van der Waals surface area contributed by atoms with Crippen molar-refractivity contribution >= 4 is 23.0 Å². The molecule has 0 aliphatic heterocycles. The number of rotatable bonds is 5. The third-order valence-corrected chi connectivity index (χ3v) is 3.55. The molecule has 5 heteroatoms. The standard InChI is InChI=1S/C13H16N4S/c1-2-17(9-10-5-4-8-18-10)13-11(12(14)15)6-3-7-16-13/h3-8H,2,9H2,1H3,(H3,14,15). The lowest BCUT2D eigenvalue weighted by Gasteiger charge is -2.23. The maximum absolute atomic E-state index is 7.61. The first-order valence-electron chi connectivity index (χ1n) is 5.79. The predicted molar refractivity (Wildman–Crippen MR) is 76.3 cm³/mol. The topological polar surface area (TPSA) is 66.0 Å². The van der Waals surface area contributed by atoms with Gasteiger partial charge in [-0.15, -0.1) is 11.3 Å². The van der Waals surface area contributed by atoms with Gasteiger partial charge in [-0.2, -0.15) is 0 Å². The smallest absolute Gasteiger partial charge is 0.139 e. The van der Waals surface area contributed by atoms with Crippen LogP contribution in [0, 0.1) is 5.41 Å². The van der Waals surface area contributed by atoms with Crippen LogP contribution in [0.25, 0.3) is 0 Å². The summed E-state index contributed by atoms with van der Waals surface area (Å²) < 4.78 is 0. The van der Waals surface area contributed by atoms with Crippen molar-refractivity contribution in [2.24, 2.45) is 5.73 Å². The number of thiophene rings is 1. The molecule has 18 heavy (non-hydrogen) atoms. The number of pyridine rings is 1. The predicted octanol–water partition coefficient (Wildman–Crippen LogP) is 2.45. The summed E-state index contributed by atoms with van der Waals surface area (Å²) in [6.07, 6.45) is 1.73. The molecule has 0 bridgehead atoms. The zero-order chi connectivity index (χ0) is 13.0. The fourth-order valence-electron chi connectivity index (χ4n) is 1.79. The maximum Gasteiger partial charge on any atom is 0.139 e. The van der Waals surface area contributed by atoms with E-state index in [0.29, 0.717) is 5.56 Å². The Kier molecular flexibility index (Phi) is 3.94. The summed E-state index contributed by atoms with van der Waals surface area (Å²) in [5.41, 5.74) is 6.29. The van der Waals surface area contributed by atoms with E-state index in [1.807, 2.05) is 12.1 Å². The van der Waals surface area contributed by atoms with Crippen LogP contribution >= 0.6 is 11.3 Å². The van der Waals surface area contributed by atoms with Gasteiger partial charge in [0.1, 0.15) is 11.7 Å². The van der Waals surface area contributed by atoms with Crippen LogP contribution in [0.3, 0.4) is 0 Å². The zero-order valence-corrected chi connectivity index (χ0v) is 11.1. The van der Waals surface area contributed by atoms with Crippen molar-refractivity contribution in [3.8, 4) is 0 Å². The van der Waals surface area contributed by atoms with Crippen LogP contribution in [0.4, 0.5) is 5.82 Å². The summed E-state index contributed by atoms with van der Waals surface area (Å²) >= 11 is 1.72. The van der Waals surface area contributed by atoms with Gasteiger partial charge in [0.25, 0.3) is 0 Å². The lowest BCUT2D eigenvalue weighted by molar-refractivity contribution is 0.822. The summed E-state index contributed by atoms with van der Waals surface area (Å²) in [4.78, 5) is 7.76. The molecule has 2 aromatic rings. The molecule has 0 saturated carbocycles. The van der Waals surface area contributed by atoms with E-state index in [-0.39, 0.29) is 5.84 Å². The summed E-state index contributed by atoms with van der Waals surface area (Å²) in [5, 5.41) is 9.67. The van der Waals surface area contributed by atoms with Gasteiger partial charge in [-0.05, 0) is 30.5 Å². The lowest BCUT2D eigenvalue weighted by Crippen LogP contribution is -2.26. The second-order valence-corrected chi connectivity index (χ2v) is 4.91. The van der Waals surface area contributed by atoms with Crippen molar-refractivity contribution in [3.05, 3.63) is 46.3 Å². The molecule has 0 saturated heterocycles. The van der Waals surface area contributed by atoms with E-state index in [4.69, 9.17) is 11.1 Å². The number of nitrogens with zero attached hydrogens (tertiary/aromatic N) is 2. The van der Waals surface area contributed by atoms with Gasteiger partial charge in [-0.25, -0.2) is 4.98 Å².